The first-order valence-electron chi connectivity index (χ1n) is 7.21. The number of nitrogens with zero attached hydrogens (tertiary/aromatic N) is 4. The van der Waals surface area contributed by atoms with Crippen molar-refractivity contribution in [3.8, 4) is 0 Å². The van der Waals surface area contributed by atoms with Crippen LogP contribution in [0.2, 0.25) is 0 Å². The minimum atomic E-state index is -0.327. The van der Waals surface area contributed by atoms with Gasteiger partial charge in [-0.3, -0.25) is 14.6 Å². The van der Waals surface area contributed by atoms with Crippen LogP contribution in [0.15, 0.2) is 42.9 Å². The molecule has 3 rings (SSSR count). The summed E-state index contributed by atoms with van der Waals surface area (Å²) in [5.74, 6) is -0.805. The summed E-state index contributed by atoms with van der Waals surface area (Å²) in [5, 5.41) is 0. The van der Waals surface area contributed by atoms with Crippen LogP contribution in [0.1, 0.15) is 16.1 Å². The Morgan fingerprint density at radius 1 is 1.26 bits per heavy atom. The van der Waals surface area contributed by atoms with Crippen molar-refractivity contribution in [2.45, 2.75) is 6.54 Å². The number of amides is 2. The Kier molecular flexibility index (Phi) is 4.27. The average Bonchev–Trinajstić information content (AvgIpc) is 2.57. The van der Waals surface area contributed by atoms with Crippen molar-refractivity contribution in [3.63, 3.8) is 0 Å². The van der Waals surface area contributed by atoms with Gasteiger partial charge in [0.2, 0.25) is 5.91 Å². The summed E-state index contributed by atoms with van der Waals surface area (Å²) in [6.45, 7) is 1.15. The summed E-state index contributed by atoms with van der Waals surface area (Å²) in [6.07, 6.45) is 4.31. The molecule has 0 bridgehead atoms. The number of piperazine rings is 1. The van der Waals surface area contributed by atoms with E-state index in [0.717, 1.165) is 5.56 Å². The van der Waals surface area contributed by atoms with E-state index >= 15 is 0 Å². The highest BCUT2D eigenvalue weighted by atomic mass is 19.1. The van der Waals surface area contributed by atoms with Crippen LogP contribution in [-0.2, 0) is 11.3 Å². The molecule has 1 aliphatic rings. The largest absolute Gasteiger partial charge is 0.335 e. The van der Waals surface area contributed by atoms with Gasteiger partial charge in [-0.15, -0.1) is 0 Å². The lowest BCUT2D eigenvalue weighted by Crippen LogP contribution is -2.51. The Morgan fingerprint density at radius 2 is 2.13 bits per heavy atom. The van der Waals surface area contributed by atoms with Gasteiger partial charge in [0, 0.05) is 32.0 Å². The van der Waals surface area contributed by atoms with Gasteiger partial charge in [-0.05, 0) is 17.7 Å². The molecule has 23 heavy (non-hydrogen) atoms. The van der Waals surface area contributed by atoms with Crippen molar-refractivity contribution < 1.29 is 14.0 Å². The van der Waals surface area contributed by atoms with Gasteiger partial charge in [-0.25, -0.2) is 9.37 Å². The lowest BCUT2D eigenvalue weighted by molar-refractivity contribution is -0.135. The molecule has 1 aromatic heterocycles. The first kappa shape index (κ1) is 15.1. The highest BCUT2D eigenvalue weighted by Gasteiger charge is 2.28. The Labute approximate surface area is 132 Å². The first-order valence-corrected chi connectivity index (χ1v) is 7.21. The monoisotopic (exact) mass is 314 g/mol. The van der Waals surface area contributed by atoms with Gasteiger partial charge in [-0.2, -0.15) is 0 Å². The van der Waals surface area contributed by atoms with Crippen molar-refractivity contribution in [3.05, 3.63) is 59.9 Å². The summed E-state index contributed by atoms with van der Waals surface area (Å²) in [5.41, 5.74) is 0.950. The lowest BCUT2D eigenvalue weighted by Gasteiger charge is -2.34. The Hall–Kier alpha value is -2.83. The van der Waals surface area contributed by atoms with E-state index < -0.39 is 0 Å². The maximum Gasteiger partial charge on any atom is 0.274 e. The van der Waals surface area contributed by atoms with Gasteiger partial charge in [0.1, 0.15) is 18.1 Å². The van der Waals surface area contributed by atoms with E-state index in [0.29, 0.717) is 19.6 Å². The fourth-order valence-electron chi connectivity index (χ4n) is 2.48. The van der Waals surface area contributed by atoms with E-state index in [9.17, 15) is 14.0 Å². The van der Waals surface area contributed by atoms with Crippen LogP contribution in [-0.4, -0.2) is 51.2 Å². The molecule has 2 heterocycles. The van der Waals surface area contributed by atoms with Crippen molar-refractivity contribution in [2.24, 2.45) is 0 Å². The third kappa shape index (κ3) is 3.50. The molecule has 1 fully saturated rings. The molecule has 6 nitrogen and oxygen atoms in total. The zero-order chi connectivity index (χ0) is 16.2. The molecule has 0 saturated carbocycles. The highest BCUT2D eigenvalue weighted by molar-refractivity contribution is 5.95. The zero-order valence-electron chi connectivity index (χ0n) is 12.4. The number of carbonyl (C=O) groups is 2. The number of halogens is 1. The standard InChI is InChI=1S/C16H15FN4O2/c17-13-3-1-2-12(8-13)10-20-6-7-21(11-15(20)22)16(23)14-9-18-4-5-19-14/h1-5,8-9H,6-7,10-11H2. The van der Waals surface area contributed by atoms with E-state index in [-0.39, 0.29) is 29.9 Å². The number of hydrogen-bond acceptors (Lipinski definition) is 4. The summed E-state index contributed by atoms with van der Waals surface area (Å²) in [6, 6.07) is 6.16. The Morgan fingerprint density at radius 3 is 2.83 bits per heavy atom. The van der Waals surface area contributed by atoms with Crippen LogP contribution in [0, 0.1) is 5.82 Å². The number of rotatable bonds is 3. The minimum absolute atomic E-state index is 0.00920. The smallest absolute Gasteiger partial charge is 0.274 e. The summed E-state index contributed by atoms with van der Waals surface area (Å²) >= 11 is 0. The van der Waals surface area contributed by atoms with Crippen LogP contribution in [0.4, 0.5) is 4.39 Å². The molecule has 1 saturated heterocycles. The number of benzene rings is 1. The molecule has 0 N–H and O–H groups in total. The van der Waals surface area contributed by atoms with E-state index in [2.05, 4.69) is 9.97 Å². The normalized spacial score (nSPS) is 14.9. The van der Waals surface area contributed by atoms with Crippen LogP contribution in [0.25, 0.3) is 0 Å². The third-order valence-corrected chi connectivity index (χ3v) is 3.65. The maximum absolute atomic E-state index is 13.2. The van der Waals surface area contributed by atoms with Gasteiger partial charge in [0.15, 0.2) is 0 Å². The molecule has 1 aliphatic heterocycles. The predicted molar refractivity (Wildman–Crippen MR) is 79.8 cm³/mol. The van der Waals surface area contributed by atoms with Gasteiger partial charge in [0.25, 0.3) is 5.91 Å². The van der Waals surface area contributed by atoms with Crippen LogP contribution < -0.4 is 0 Å². The molecule has 118 valence electrons. The number of hydrogen-bond donors (Lipinski definition) is 0. The molecule has 7 heteroatoms. The topological polar surface area (TPSA) is 66.4 Å². The van der Waals surface area contributed by atoms with Crippen molar-refractivity contribution in [2.75, 3.05) is 19.6 Å². The summed E-state index contributed by atoms with van der Waals surface area (Å²) in [4.78, 5) is 35.4. The number of carbonyl (C=O) groups excluding carboxylic acids is 2. The van der Waals surface area contributed by atoms with Crippen LogP contribution in [0.5, 0.6) is 0 Å². The third-order valence-electron chi connectivity index (χ3n) is 3.65. The molecule has 2 amide bonds. The fourth-order valence-corrected chi connectivity index (χ4v) is 2.48. The van der Waals surface area contributed by atoms with Crippen LogP contribution in [0.3, 0.4) is 0 Å². The second-order valence-electron chi connectivity index (χ2n) is 5.26. The molecule has 2 aromatic rings. The fraction of sp³-hybridized carbons (Fsp3) is 0.250. The molecular formula is C16H15FN4O2. The van der Waals surface area contributed by atoms with E-state index in [1.54, 1.807) is 17.0 Å². The van der Waals surface area contributed by atoms with E-state index in [1.165, 1.54) is 35.6 Å². The van der Waals surface area contributed by atoms with Crippen molar-refractivity contribution in [1.29, 1.82) is 0 Å². The second-order valence-corrected chi connectivity index (χ2v) is 5.26. The molecule has 0 atom stereocenters. The van der Waals surface area contributed by atoms with Gasteiger partial charge < -0.3 is 9.80 Å². The molecular weight excluding hydrogens is 299 g/mol. The summed E-state index contributed by atoms with van der Waals surface area (Å²) in [7, 11) is 0. The van der Waals surface area contributed by atoms with Gasteiger partial charge in [-0.1, -0.05) is 12.1 Å². The molecule has 1 aromatic carbocycles. The quantitative estimate of drug-likeness (QED) is 0.851. The average molecular weight is 314 g/mol. The maximum atomic E-state index is 13.2. The molecule has 0 aliphatic carbocycles. The first-order chi connectivity index (χ1) is 11.1. The minimum Gasteiger partial charge on any atom is -0.335 e. The molecule has 0 radical (unpaired) electrons. The summed E-state index contributed by atoms with van der Waals surface area (Å²) < 4.78 is 13.2. The van der Waals surface area contributed by atoms with Gasteiger partial charge in [0.05, 0.1) is 6.20 Å². The lowest BCUT2D eigenvalue weighted by atomic mass is 10.2. The highest BCUT2D eigenvalue weighted by Crippen LogP contribution is 2.12. The Bertz CT molecular complexity index is 723. The van der Waals surface area contributed by atoms with Gasteiger partial charge >= 0.3 is 0 Å². The SMILES string of the molecule is O=C1CN(C(=O)c2cnccn2)CCN1Cc1cccc(F)c1. The van der Waals surface area contributed by atoms with E-state index in [1.807, 2.05) is 0 Å². The Balaban J connectivity index is 1.63. The molecule has 0 spiro atoms. The van der Waals surface area contributed by atoms with Crippen molar-refractivity contribution in [1.82, 2.24) is 19.8 Å². The number of aromatic nitrogens is 2. The van der Waals surface area contributed by atoms with Crippen LogP contribution >= 0.6 is 0 Å². The predicted octanol–water partition coefficient (Wildman–Crippen LogP) is 1.10. The second kappa shape index (κ2) is 6.51. The molecule has 0 unspecified atom stereocenters. The van der Waals surface area contributed by atoms with Crippen molar-refractivity contribution >= 4 is 11.8 Å². The zero-order valence-corrected chi connectivity index (χ0v) is 12.4. The van der Waals surface area contributed by atoms with E-state index in [4.69, 9.17) is 0 Å².